The number of hydrogen-bond donors (Lipinski definition) is 3. The van der Waals surface area contributed by atoms with Gasteiger partial charge in [-0.2, -0.15) is 5.10 Å². The van der Waals surface area contributed by atoms with Gasteiger partial charge in [-0.25, -0.2) is 14.4 Å². The number of ether oxygens (including phenoxy) is 1. The number of anilines is 2. The molecule has 1 saturated carbocycles. The van der Waals surface area contributed by atoms with Crippen LogP contribution in [-0.2, 0) is 20.7 Å². The van der Waals surface area contributed by atoms with Crippen molar-refractivity contribution in [2.24, 2.45) is 5.41 Å². The largest absolute Gasteiger partial charge is 0.380 e. The zero-order valence-corrected chi connectivity index (χ0v) is 26.5. The molecule has 2 aliphatic heterocycles. The van der Waals surface area contributed by atoms with E-state index in [2.05, 4.69) is 30.7 Å². The van der Waals surface area contributed by atoms with Crippen molar-refractivity contribution in [3.63, 3.8) is 0 Å². The van der Waals surface area contributed by atoms with Crippen molar-refractivity contribution in [3.8, 4) is 22.4 Å². The number of rotatable bonds is 9. The predicted molar refractivity (Wildman–Crippen MR) is 173 cm³/mol. The number of hydrogen-bond acceptors (Lipinski definition) is 7. The quantitative estimate of drug-likeness (QED) is 0.229. The number of carbonyl (C=O) groups excluding carboxylic acids is 2. The van der Waals surface area contributed by atoms with E-state index in [9.17, 15) is 14.0 Å². The Morgan fingerprint density at radius 2 is 1.85 bits per heavy atom. The molecule has 2 amide bonds. The van der Waals surface area contributed by atoms with Crippen molar-refractivity contribution in [2.75, 3.05) is 36.5 Å². The van der Waals surface area contributed by atoms with Gasteiger partial charge < -0.3 is 20.3 Å². The van der Waals surface area contributed by atoms with Crippen LogP contribution in [-0.4, -0.2) is 70.0 Å². The highest BCUT2D eigenvalue weighted by atomic mass is 35.5. The Hall–Kier alpha value is -4.35. The van der Waals surface area contributed by atoms with Gasteiger partial charge in [0.15, 0.2) is 5.67 Å². The Morgan fingerprint density at radius 1 is 1.09 bits per heavy atom. The molecule has 1 aliphatic carbocycles. The summed E-state index contributed by atoms with van der Waals surface area (Å²) in [5.74, 6) is -0.610. The lowest BCUT2D eigenvalue weighted by Gasteiger charge is -2.37. The molecule has 10 nitrogen and oxygen atoms in total. The van der Waals surface area contributed by atoms with Crippen molar-refractivity contribution in [2.45, 2.75) is 51.2 Å². The van der Waals surface area contributed by atoms with Crippen LogP contribution < -0.4 is 15.5 Å². The normalized spacial score (nSPS) is 18.2. The average molecular weight is 644 g/mol. The molecule has 0 radical (unpaired) electrons. The third-order valence-electron chi connectivity index (χ3n) is 9.23. The van der Waals surface area contributed by atoms with E-state index in [1.807, 2.05) is 44.2 Å². The van der Waals surface area contributed by atoms with E-state index in [1.54, 1.807) is 24.4 Å². The topological polar surface area (TPSA) is 125 Å². The summed E-state index contributed by atoms with van der Waals surface area (Å²) in [5.41, 5.74) is 4.71. The fourth-order valence-electron chi connectivity index (χ4n) is 6.26. The highest BCUT2D eigenvalue weighted by Gasteiger charge is 2.51. The molecule has 3 fully saturated rings. The second-order valence-electron chi connectivity index (χ2n) is 12.8. The second-order valence-corrected chi connectivity index (χ2v) is 13.2. The van der Waals surface area contributed by atoms with E-state index in [0.29, 0.717) is 27.9 Å². The Bertz CT molecular complexity index is 1780. The summed E-state index contributed by atoms with van der Waals surface area (Å²) >= 11 is 6.63. The van der Waals surface area contributed by atoms with Gasteiger partial charge in [0.25, 0.3) is 5.91 Å². The maximum absolute atomic E-state index is 14.7. The van der Waals surface area contributed by atoms with Crippen molar-refractivity contribution < 1.29 is 18.7 Å². The zero-order chi connectivity index (χ0) is 32.1. The first-order valence-corrected chi connectivity index (χ1v) is 15.9. The first kappa shape index (κ1) is 30.3. The van der Waals surface area contributed by atoms with Crippen molar-refractivity contribution in [1.82, 2.24) is 25.5 Å². The summed E-state index contributed by atoms with van der Waals surface area (Å²) in [6, 6.07) is 13.6. The monoisotopic (exact) mass is 643 g/mol. The number of nitrogens with zero attached hydrogens (tertiary/aromatic N) is 4. The second kappa shape index (κ2) is 11.8. The van der Waals surface area contributed by atoms with Gasteiger partial charge in [0.1, 0.15) is 6.04 Å². The SMILES string of the molecule is Cc1n[nH]c(C)c1-c1ccc(NC(=O)[C@H](Cc2cc(-c3ccnc(N4CCC5(COC5)C4)n3)ccc2Cl)NC(=O)C2(F)CC2)cc1. The standard InChI is InChI=1S/C34H35ClFN7O3/c1-20-29(21(2)42-41-20)22-3-6-25(7-4-22)38-30(44)28(39-31(45)34(36)10-11-34)16-24-15-23(5-8-26(24)35)27-9-13-37-32(40-27)43-14-12-33(17-43)18-46-19-33/h3-9,13,15,28H,10-12,14,16-19H2,1-2H3,(H,38,44)(H,39,45)(H,41,42)/t28-/m0/s1. The molecule has 4 aromatic rings. The predicted octanol–water partition coefficient (Wildman–Crippen LogP) is 5.20. The number of alkyl halides is 1. The molecule has 2 aromatic heterocycles. The molecule has 0 bridgehead atoms. The van der Waals surface area contributed by atoms with Gasteiger partial charge in [-0.3, -0.25) is 14.7 Å². The van der Waals surface area contributed by atoms with Gasteiger partial charge >= 0.3 is 0 Å². The van der Waals surface area contributed by atoms with E-state index >= 15 is 0 Å². The fraction of sp³-hybridized carbons (Fsp3) is 0.382. The number of aromatic amines is 1. The molecule has 3 aliphatic rings. The van der Waals surface area contributed by atoms with Gasteiger partial charge in [0.2, 0.25) is 11.9 Å². The molecule has 1 atom stereocenters. The van der Waals surface area contributed by atoms with Gasteiger partial charge in [0, 0.05) is 58.7 Å². The van der Waals surface area contributed by atoms with E-state index in [4.69, 9.17) is 21.3 Å². The van der Waals surface area contributed by atoms with Crippen LogP contribution in [0.4, 0.5) is 16.0 Å². The van der Waals surface area contributed by atoms with E-state index in [1.165, 1.54) is 0 Å². The molecular weight excluding hydrogens is 609 g/mol. The molecule has 46 heavy (non-hydrogen) atoms. The minimum Gasteiger partial charge on any atom is -0.380 e. The third kappa shape index (κ3) is 5.96. The summed E-state index contributed by atoms with van der Waals surface area (Å²) in [5, 5.41) is 13.2. The molecule has 12 heteroatoms. The Labute approximate surface area is 271 Å². The number of aryl methyl sites for hydroxylation is 2. The van der Waals surface area contributed by atoms with Crippen LogP contribution >= 0.6 is 11.6 Å². The van der Waals surface area contributed by atoms with Gasteiger partial charge in [-0.15, -0.1) is 0 Å². The van der Waals surface area contributed by atoms with E-state index < -0.39 is 23.5 Å². The summed E-state index contributed by atoms with van der Waals surface area (Å²) < 4.78 is 20.2. The summed E-state index contributed by atoms with van der Waals surface area (Å²) in [6.45, 7) is 7.16. The Balaban J connectivity index is 1.11. The number of nitrogens with one attached hydrogen (secondary N) is 3. The van der Waals surface area contributed by atoms with Crippen LogP contribution in [0.15, 0.2) is 54.7 Å². The average Bonchev–Trinajstić information content (AvgIpc) is 3.47. The molecule has 2 saturated heterocycles. The molecule has 238 valence electrons. The maximum Gasteiger partial charge on any atom is 0.258 e. The first-order valence-electron chi connectivity index (χ1n) is 15.5. The van der Waals surface area contributed by atoms with E-state index in [-0.39, 0.29) is 24.7 Å². The van der Waals surface area contributed by atoms with Crippen LogP contribution in [0.3, 0.4) is 0 Å². The minimum atomic E-state index is -1.94. The number of H-pyrrole nitrogens is 1. The molecule has 4 heterocycles. The van der Waals surface area contributed by atoms with Gasteiger partial charge in [-0.05, 0) is 74.6 Å². The minimum absolute atomic E-state index is 0.0540. The summed E-state index contributed by atoms with van der Waals surface area (Å²) in [4.78, 5) is 38.0. The zero-order valence-electron chi connectivity index (χ0n) is 25.7. The first-order chi connectivity index (χ1) is 22.1. The Kier molecular flexibility index (Phi) is 7.76. The highest BCUT2D eigenvalue weighted by molar-refractivity contribution is 6.31. The summed E-state index contributed by atoms with van der Waals surface area (Å²) in [7, 11) is 0. The molecule has 1 spiro atoms. The van der Waals surface area contributed by atoms with Crippen molar-refractivity contribution in [1.29, 1.82) is 0 Å². The number of benzene rings is 2. The maximum atomic E-state index is 14.7. The Morgan fingerprint density at radius 3 is 2.50 bits per heavy atom. The number of halogens is 2. The number of carbonyl (C=O) groups is 2. The number of amides is 2. The van der Waals surface area contributed by atoms with Crippen LogP contribution in [0.2, 0.25) is 5.02 Å². The van der Waals surface area contributed by atoms with Gasteiger partial charge in [-0.1, -0.05) is 29.8 Å². The van der Waals surface area contributed by atoms with Crippen LogP contribution in [0, 0.1) is 19.3 Å². The van der Waals surface area contributed by atoms with Crippen LogP contribution in [0.5, 0.6) is 0 Å². The fourth-order valence-corrected chi connectivity index (χ4v) is 6.46. The smallest absolute Gasteiger partial charge is 0.258 e. The highest BCUT2D eigenvalue weighted by Crippen LogP contribution is 2.40. The van der Waals surface area contributed by atoms with Crippen LogP contribution in [0.25, 0.3) is 22.4 Å². The van der Waals surface area contributed by atoms with Crippen molar-refractivity contribution >= 4 is 35.1 Å². The molecule has 3 N–H and O–H groups in total. The molecule has 7 rings (SSSR count). The number of aromatic nitrogens is 4. The molecule has 0 unspecified atom stereocenters. The lowest BCUT2D eigenvalue weighted by atomic mass is 9.85. The third-order valence-corrected chi connectivity index (χ3v) is 9.60. The lowest BCUT2D eigenvalue weighted by molar-refractivity contribution is -0.131. The summed E-state index contributed by atoms with van der Waals surface area (Å²) in [6.07, 6.45) is 3.12. The van der Waals surface area contributed by atoms with Gasteiger partial charge in [0.05, 0.1) is 24.6 Å². The molecular formula is C34H35ClFN7O3. The van der Waals surface area contributed by atoms with Crippen LogP contribution in [0.1, 0.15) is 36.2 Å². The van der Waals surface area contributed by atoms with E-state index in [0.717, 1.165) is 60.8 Å². The molecule has 2 aromatic carbocycles. The lowest BCUT2D eigenvalue weighted by Crippen LogP contribution is -2.48. The van der Waals surface area contributed by atoms with Crippen molar-refractivity contribution in [3.05, 3.63) is 76.7 Å².